The number of nitrogens with zero attached hydrogens (tertiary/aromatic N) is 1. The van der Waals surface area contributed by atoms with E-state index in [0.717, 1.165) is 10.9 Å². The third-order valence-electron chi connectivity index (χ3n) is 1.83. The van der Waals surface area contributed by atoms with Crippen molar-refractivity contribution in [2.75, 3.05) is 0 Å². The molecule has 0 saturated carbocycles. The number of benzene rings is 1. The smallest absolute Gasteiger partial charge is 0.141 e. The van der Waals surface area contributed by atoms with Crippen LogP contribution >= 0.6 is 0 Å². The first-order valence-electron chi connectivity index (χ1n) is 3.82. The summed E-state index contributed by atoms with van der Waals surface area (Å²) in [6.45, 7) is 1.98. The minimum absolute atomic E-state index is 0. The number of aromatic nitrogens is 1. The molecule has 0 aliphatic rings. The molecule has 0 saturated heterocycles. The lowest BCUT2D eigenvalue weighted by Crippen LogP contribution is -1.80. The number of hydrogen-bond donors (Lipinski definition) is 1. The fourth-order valence-electron chi connectivity index (χ4n) is 1.25. The number of hydrogen-bond acceptors (Lipinski definition) is 2. The summed E-state index contributed by atoms with van der Waals surface area (Å²) in [6.07, 6.45) is 1.75. The van der Waals surface area contributed by atoms with Crippen LogP contribution < -0.4 is 0 Å². The van der Waals surface area contributed by atoms with Crippen LogP contribution in [0.4, 0.5) is 0 Å². The fraction of sp³-hybridized carbons (Fsp3) is 0.100. The van der Waals surface area contributed by atoms with E-state index in [-0.39, 0.29) is 23.1 Å². The van der Waals surface area contributed by atoms with E-state index in [1.165, 1.54) is 0 Å². The summed E-state index contributed by atoms with van der Waals surface area (Å²) in [5, 5.41) is 10.4. The van der Waals surface area contributed by atoms with E-state index < -0.39 is 0 Å². The van der Waals surface area contributed by atoms with Crippen LogP contribution in [0.15, 0.2) is 30.5 Å². The van der Waals surface area contributed by atoms with Gasteiger partial charge in [-0.15, -0.1) is 0 Å². The molecule has 13 heavy (non-hydrogen) atoms. The van der Waals surface area contributed by atoms with Gasteiger partial charge in [0, 0.05) is 28.9 Å². The molecule has 1 N–H and O–H groups in total. The van der Waals surface area contributed by atoms with Crippen molar-refractivity contribution in [3.05, 3.63) is 36.0 Å². The van der Waals surface area contributed by atoms with E-state index in [2.05, 4.69) is 4.98 Å². The Balaban J connectivity index is 0.000000845. The molecule has 3 heteroatoms. The molecule has 1 aromatic heterocycles. The summed E-state index contributed by atoms with van der Waals surface area (Å²) in [7, 11) is 0. The Morgan fingerprint density at radius 1 is 1.31 bits per heavy atom. The molecule has 1 heterocycles. The summed E-state index contributed by atoms with van der Waals surface area (Å²) >= 11 is 0. The number of rotatable bonds is 0. The lowest BCUT2D eigenvalue weighted by atomic mass is 10.2. The van der Waals surface area contributed by atoms with Gasteiger partial charge in [-0.05, 0) is 24.6 Å². The summed E-state index contributed by atoms with van der Waals surface area (Å²) in [6, 6.07) is 7.40. The van der Waals surface area contributed by atoms with Crippen LogP contribution in [0.2, 0.25) is 0 Å². The predicted octanol–water partition coefficient (Wildman–Crippen LogP) is 1.87. The fourth-order valence-corrected chi connectivity index (χ4v) is 1.25. The van der Waals surface area contributed by atoms with Gasteiger partial charge in [0.1, 0.15) is 11.3 Å². The molecule has 0 amide bonds. The second-order valence-corrected chi connectivity index (χ2v) is 2.86. The molecule has 0 aliphatic heterocycles. The Labute approximate surface area is 87.4 Å². The number of aryl methyl sites for hydroxylation is 1. The maximum absolute atomic E-state index is 9.40. The van der Waals surface area contributed by atoms with Crippen LogP contribution in [-0.2, 0) is 0 Å². The summed E-state index contributed by atoms with van der Waals surface area (Å²) in [5.74, 6) is 0.243. The Hall–Kier alpha value is -1.04. The molecule has 1 aromatic carbocycles. The van der Waals surface area contributed by atoms with Crippen molar-refractivity contribution in [2.24, 2.45) is 0 Å². The zero-order valence-electron chi connectivity index (χ0n) is 7.36. The van der Waals surface area contributed by atoms with Crippen LogP contribution in [0.3, 0.4) is 0 Å². The molecule has 3 radical (unpaired) electrons. The highest BCUT2D eigenvalue weighted by Crippen LogP contribution is 2.21. The normalized spacial score (nSPS) is 9.62. The van der Waals surface area contributed by atoms with Crippen LogP contribution in [0, 0.1) is 6.92 Å². The van der Waals surface area contributed by atoms with Crippen molar-refractivity contribution >= 4 is 28.3 Å². The van der Waals surface area contributed by atoms with Gasteiger partial charge < -0.3 is 5.11 Å². The molecule has 0 fully saturated rings. The Kier molecular flexibility index (Phi) is 2.92. The first kappa shape index (κ1) is 10.0. The van der Waals surface area contributed by atoms with Crippen molar-refractivity contribution in [1.29, 1.82) is 0 Å². The van der Waals surface area contributed by atoms with Gasteiger partial charge in [0.05, 0.1) is 0 Å². The number of fused-ring (bicyclic) bond motifs is 1. The number of phenolic OH excluding ortho intramolecular Hbond substituents is 1. The Morgan fingerprint density at radius 3 is 2.85 bits per heavy atom. The molecule has 2 nitrogen and oxygen atoms in total. The van der Waals surface area contributed by atoms with Gasteiger partial charge in [-0.3, -0.25) is 4.98 Å². The first-order chi connectivity index (χ1) is 5.77. The van der Waals surface area contributed by atoms with Crippen molar-refractivity contribution < 1.29 is 5.11 Å². The Morgan fingerprint density at radius 2 is 2.08 bits per heavy atom. The van der Waals surface area contributed by atoms with Gasteiger partial charge in [0.25, 0.3) is 0 Å². The molecule has 0 spiro atoms. The third-order valence-corrected chi connectivity index (χ3v) is 1.83. The first-order valence-corrected chi connectivity index (χ1v) is 3.82. The molecule has 0 bridgehead atoms. The van der Waals surface area contributed by atoms with Gasteiger partial charge in [0.15, 0.2) is 0 Å². The topological polar surface area (TPSA) is 33.1 Å². The SMILES string of the molecule is Cc1cnc2c(O)cccc2c1.[Al]. The van der Waals surface area contributed by atoms with Crippen molar-refractivity contribution in [1.82, 2.24) is 4.98 Å². The highest BCUT2D eigenvalue weighted by Gasteiger charge is 1.98. The molecular formula is C10H9AlNO. The zero-order chi connectivity index (χ0) is 8.55. The van der Waals surface area contributed by atoms with Gasteiger partial charge in [-0.1, -0.05) is 12.1 Å². The number of pyridine rings is 1. The highest BCUT2D eigenvalue weighted by molar-refractivity contribution is 5.84. The second-order valence-electron chi connectivity index (χ2n) is 2.86. The van der Waals surface area contributed by atoms with E-state index in [9.17, 15) is 5.11 Å². The lowest BCUT2D eigenvalue weighted by molar-refractivity contribution is 0.480. The third kappa shape index (κ3) is 1.83. The quantitative estimate of drug-likeness (QED) is 0.637. The van der Waals surface area contributed by atoms with Crippen LogP contribution in [0.1, 0.15) is 5.56 Å². The summed E-state index contributed by atoms with van der Waals surface area (Å²) in [5.41, 5.74) is 1.77. The molecule has 0 atom stereocenters. The molecule has 2 rings (SSSR count). The maximum atomic E-state index is 9.40. The van der Waals surface area contributed by atoms with E-state index >= 15 is 0 Å². The van der Waals surface area contributed by atoms with E-state index in [1.54, 1.807) is 12.3 Å². The van der Waals surface area contributed by atoms with E-state index in [0.29, 0.717) is 5.52 Å². The van der Waals surface area contributed by atoms with Gasteiger partial charge in [-0.25, -0.2) is 0 Å². The minimum atomic E-state index is 0. The monoisotopic (exact) mass is 186 g/mol. The Bertz CT molecular complexity index is 428. The van der Waals surface area contributed by atoms with E-state index in [1.807, 2.05) is 25.1 Å². The zero-order valence-corrected chi connectivity index (χ0v) is 8.51. The molecule has 2 aromatic rings. The van der Waals surface area contributed by atoms with Crippen LogP contribution in [0.25, 0.3) is 10.9 Å². The van der Waals surface area contributed by atoms with Gasteiger partial charge >= 0.3 is 0 Å². The minimum Gasteiger partial charge on any atom is -0.506 e. The second kappa shape index (κ2) is 3.78. The van der Waals surface area contributed by atoms with Crippen LogP contribution in [-0.4, -0.2) is 27.5 Å². The average Bonchev–Trinajstić information content (AvgIpc) is 2.04. The number of phenols is 1. The van der Waals surface area contributed by atoms with Crippen molar-refractivity contribution in [3.63, 3.8) is 0 Å². The maximum Gasteiger partial charge on any atom is 0.141 e. The highest BCUT2D eigenvalue weighted by atomic mass is 27.0. The molecule has 0 unspecified atom stereocenters. The van der Waals surface area contributed by atoms with E-state index in [4.69, 9.17) is 0 Å². The van der Waals surface area contributed by atoms with Gasteiger partial charge in [0.2, 0.25) is 0 Å². The standard InChI is InChI=1S/C10H9NO.Al/c1-7-5-8-3-2-4-9(12)10(8)11-6-7;/h2-6,12H,1H3;. The average molecular weight is 186 g/mol. The van der Waals surface area contributed by atoms with Gasteiger partial charge in [-0.2, -0.15) is 0 Å². The summed E-state index contributed by atoms with van der Waals surface area (Å²) < 4.78 is 0. The largest absolute Gasteiger partial charge is 0.506 e. The number of para-hydroxylation sites is 1. The van der Waals surface area contributed by atoms with Crippen LogP contribution in [0.5, 0.6) is 5.75 Å². The summed E-state index contributed by atoms with van der Waals surface area (Å²) in [4.78, 5) is 4.13. The predicted molar refractivity (Wildman–Crippen MR) is 53.9 cm³/mol. The molecular weight excluding hydrogens is 177 g/mol. The van der Waals surface area contributed by atoms with Crippen molar-refractivity contribution in [3.8, 4) is 5.75 Å². The lowest BCUT2D eigenvalue weighted by Gasteiger charge is -1.99. The molecule has 63 valence electrons. The molecule has 0 aliphatic carbocycles. The number of aromatic hydroxyl groups is 1. The van der Waals surface area contributed by atoms with Crippen molar-refractivity contribution in [2.45, 2.75) is 6.92 Å².